The van der Waals surface area contributed by atoms with Gasteiger partial charge in [-0.3, -0.25) is 0 Å². The first-order chi connectivity index (χ1) is 8.25. The van der Waals surface area contributed by atoms with Gasteiger partial charge in [0.25, 0.3) is 0 Å². The number of rotatable bonds is 7. The summed E-state index contributed by atoms with van der Waals surface area (Å²) in [7, 11) is 0. The molecular formula is C15H30N2. The van der Waals surface area contributed by atoms with Gasteiger partial charge in [-0.1, -0.05) is 13.8 Å². The highest BCUT2D eigenvalue weighted by Gasteiger charge is 2.28. The van der Waals surface area contributed by atoms with Crippen LogP contribution in [0.1, 0.15) is 52.4 Å². The normalized spacial score (nSPS) is 22.6. The van der Waals surface area contributed by atoms with E-state index in [2.05, 4.69) is 24.1 Å². The van der Waals surface area contributed by atoms with Gasteiger partial charge in [-0.25, -0.2) is 0 Å². The third-order valence-electron chi connectivity index (χ3n) is 4.18. The lowest BCUT2D eigenvalue weighted by Gasteiger charge is -2.26. The van der Waals surface area contributed by atoms with Gasteiger partial charge in [0.1, 0.15) is 0 Å². The lowest BCUT2D eigenvalue weighted by Crippen LogP contribution is -2.32. The monoisotopic (exact) mass is 238 g/mol. The van der Waals surface area contributed by atoms with E-state index in [-0.39, 0.29) is 0 Å². The van der Waals surface area contributed by atoms with E-state index in [0.717, 1.165) is 17.9 Å². The highest BCUT2D eigenvalue weighted by molar-refractivity contribution is 4.85. The molecule has 2 heteroatoms. The third-order valence-corrected chi connectivity index (χ3v) is 4.18. The number of hydrogen-bond acceptors (Lipinski definition) is 2. The predicted molar refractivity (Wildman–Crippen MR) is 74.3 cm³/mol. The van der Waals surface area contributed by atoms with Crippen molar-refractivity contribution in [3.05, 3.63) is 0 Å². The zero-order valence-corrected chi connectivity index (χ0v) is 11.8. The van der Waals surface area contributed by atoms with Crippen LogP contribution in [0, 0.1) is 11.8 Å². The van der Waals surface area contributed by atoms with Gasteiger partial charge in [-0.2, -0.15) is 0 Å². The first-order valence-corrected chi connectivity index (χ1v) is 7.70. The second-order valence-electron chi connectivity index (χ2n) is 6.46. The Morgan fingerprint density at radius 2 is 1.82 bits per heavy atom. The van der Waals surface area contributed by atoms with Crippen LogP contribution in [0.25, 0.3) is 0 Å². The van der Waals surface area contributed by atoms with Gasteiger partial charge < -0.3 is 10.2 Å². The van der Waals surface area contributed by atoms with E-state index in [1.165, 1.54) is 64.7 Å². The van der Waals surface area contributed by atoms with E-state index >= 15 is 0 Å². The lowest BCUT2D eigenvalue weighted by molar-refractivity contribution is 0.220. The number of nitrogens with one attached hydrogen (secondary N) is 1. The number of nitrogens with zero attached hydrogens (tertiary/aromatic N) is 1. The van der Waals surface area contributed by atoms with Gasteiger partial charge in [0, 0.05) is 12.6 Å². The van der Waals surface area contributed by atoms with E-state index in [1.807, 2.05) is 0 Å². The minimum atomic E-state index is 0.828. The third kappa shape index (κ3) is 4.97. The second kappa shape index (κ2) is 6.75. The molecule has 0 bridgehead atoms. The van der Waals surface area contributed by atoms with Gasteiger partial charge in [0.15, 0.2) is 0 Å². The van der Waals surface area contributed by atoms with E-state index in [9.17, 15) is 0 Å². The summed E-state index contributed by atoms with van der Waals surface area (Å²) in [6, 6.07) is 0.949. The van der Waals surface area contributed by atoms with Crippen molar-refractivity contribution in [2.24, 2.45) is 11.8 Å². The molecule has 2 rings (SSSR count). The number of hydrogen-bond donors (Lipinski definition) is 1. The summed E-state index contributed by atoms with van der Waals surface area (Å²) >= 11 is 0. The van der Waals surface area contributed by atoms with Crippen LogP contribution in [0.15, 0.2) is 0 Å². The van der Waals surface area contributed by atoms with Crippen LogP contribution in [0.5, 0.6) is 0 Å². The molecule has 0 aromatic carbocycles. The fourth-order valence-electron chi connectivity index (χ4n) is 3.09. The minimum absolute atomic E-state index is 0.828. The standard InChI is InChI=1S/C15H30N2/c1-13(2)12-17(15-5-6-15)11-3-4-14-7-9-16-10-8-14/h13-16H,3-12H2,1-2H3. The second-order valence-corrected chi connectivity index (χ2v) is 6.46. The van der Waals surface area contributed by atoms with Gasteiger partial charge in [-0.15, -0.1) is 0 Å². The fraction of sp³-hybridized carbons (Fsp3) is 1.00. The molecule has 2 aliphatic rings. The Hall–Kier alpha value is -0.0800. The molecule has 0 aromatic rings. The molecule has 1 saturated heterocycles. The molecule has 0 atom stereocenters. The van der Waals surface area contributed by atoms with Crippen LogP contribution in [-0.4, -0.2) is 37.1 Å². The summed E-state index contributed by atoms with van der Waals surface area (Å²) in [6.45, 7) is 9.88. The van der Waals surface area contributed by atoms with Crippen molar-refractivity contribution in [2.75, 3.05) is 26.2 Å². The molecule has 0 unspecified atom stereocenters. The molecule has 0 amide bonds. The number of piperidine rings is 1. The van der Waals surface area contributed by atoms with Gasteiger partial charge in [0.05, 0.1) is 0 Å². The fourth-order valence-corrected chi connectivity index (χ4v) is 3.09. The van der Waals surface area contributed by atoms with E-state index < -0.39 is 0 Å². The summed E-state index contributed by atoms with van der Waals surface area (Å²) in [5.41, 5.74) is 0. The van der Waals surface area contributed by atoms with Crippen molar-refractivity contribution in [3.8, 4) is 0 Å². The Labute approximate surface area is 107 Å². The minimum Gasteiger partial charge on any atom is -0.317 e. The molecular weight excluding hydrogens is 208 g/mol. The van der Waals surface area contributed by atoms with Gasteiger partial charge >= 0.3 is 0 Å². The molecule has 0 aromatic heterocycles. The van der Waals surface area contributed by atoms with Crippen LogP contribution in [-0.2, 0) is 0 Å². The molecule has 100 valence electrons. The van der Waals surface area contributed by atoms with Crippen molar-refractivity contribution < 1.29 is 0 Å². The van der Waals surface area contributed by atoms with Crippen molar-refractivity contribution in [2.45, 2.75) is 58.4 Å². The van der Waals surface area contributed by atoms with Crippen LogP contribution < -0.4 is 5.32 Å². The summed E-state index contributed by atoms with van der Waals surface area (Å²) < 4.78 is 0. The van der Waals surface area contributed by atoms with Crippen molar-refractivity contribution in [1.82, 2.24) is 10.2 Å². The molecule has 2 nitrogen and oxygen atoms in total. The smallest absolute Gasteiger partial charge is 0.00965 e. The van der Waals surface area contributed by atoms with Crippen molar-refractivity contribution in [1.29, 1.82) is 0 Å². The Kier molecular flexibility index (Phi) is 5.30. The summed E-state index contributed by atoms with van der Waals surface area (Å²) in [6.07, 6.45) is 8.62. The Morgan fingerprint density at radius 3 is 2.41 bits per heavy atom. The lowest BCUT2D eigenvalue weighted by atomic mass is 9.93. The first-order valence-electron chi connectivity index (χ1n) is 7.70. The zero-order chi connectivity index (χ0) is 12.1. The molecule has 1 N–H and O–H groups in total. The van der Waals surface area contributed by atoms with E-state index in [0.29, 0.717) is 0 Å². The Balaban J connectivity index is 1.61. The van der Waals surface area contributed by atoms with Crippen LogP contribution in [0.4, 0.5) is 0 Å². The zero-order valence-electron chi connectivity index (χ0n) is 11.8. The molecule has 0 radical (unpaired) electrons. The summed E-state index contributed by atoms with van der Waals surface area (Å²) in [4.78, 5) is 2.76. The molecule has 17 heavy (non-hydrogen) atoms. The van der Waals surface area contributed by atoms with Crippen LogP contribution in [0.2, 0.25) is 0 Å². The summed E-state index contributed by atoms with van der Waals surface area (Å²) in [5, 5.41) is 3.46. The topological polar surface area (TPSA) is 15.3 Å². The molecule has 1 aliphatic heterocycles. The average molecular weight is 238 g/mol. The molecule has 1 aliphatic carbocycles. The molecule has 1 heterocycles. The van der Waals surface area contributed by atoms with Crippen molar-refractivity contribution >= 4 is 0 Å². The maximum Gasteiger partial charge on any atom is 0.00965 e. The van der Waals surface area contributed by atoms with E-state index in [1.54, 1.807) is 0 Å². The first kappa shape index (κ1) is 13.4. The van der Waals surface area contributed by atoms with E-state index in [4.69, 9.17) is 0 Å². The largest absolute Gasteiger partial charge is 0.317 e. The average Bonchev–Trinajstić information content (AvgIpc) is 3.12. The molecule has 2 fully saturated rings. The van der Waals surface area contributed by atoms with Gasteiger partial charge in [0.2, 0.25) is 0 Å². The van der Waals surface area contributed by atoms with Gasteiger partial charge in [-0.05, 0) is 70.0 Å². The maximum atomic E-state index is 3.46. The maximum absolute atomic E-state index is 3.46. The van der Waals surface area contributed by atoms with Crippen molar-refractivity contribution in [3.63, 3.8) is 0 Å². The molecule has 1 saturated carbocycles. The predicted octanol–water partition coefficient (Wildman–Crippen LogP) is 2.89. The highest BCUT2D eigenvalue weighted by Crippen LogP contribution is 2.28. The Bertz CT molecular complexity index is 205. The molecule has 0 spiro atoms. The Morgan fingerprint density at radius 1 is 1.12 bits per heavy atom. The van der Waals surface area contributed by atoms with Crippen LogP contribution in [0.3, 0.4) is 0 Å². The quantitative estimate of drug-likeness (QED) is 0.733. The van der Waals surface area contributed by atoms with Crippen LogP contribution >= 0.6 is 0 Å². The SMILES string of the molecule is CC(C)CN(CCCC1CCNCC1)C1CC1. The summed E-state index contributed by atoms with van der Waals surface area (Å²) in [5.74, 6) is 1.84. The highest BCUT2D eigenvalue weighted by atomic mass is 15.2.